The van der Waals surface area contributed by atoms with Crippen molar-refractivity contribution in [2.24, 2.45) is 0 Å². The number of hydrogen-bond donors (Lipinski definition) is 0. The first-order valence-electron chi connectivity index (χ1n) is 9.21. The molecule has 8 heteroatoms. The zero-order valence-electron chi connectivity index (χ0n) is 15.3. The molecule has 29 heavy (non-hydrogen) atoms. The Balaban J connectivity index is 1.49. The lowest BCUT2D eigenvalue weighted by Crippen LogP contribution is -2.29. The lowest BCUT2D eigenvalue weighted by molar-refractivity contribution is 0.0787. The minimum atomic E-state index is -0.767. The second-order valence-corrected chi connectivity index (χ2v) is 7.02. The van der Waals surface area contributed by atoms with E-state index in [9.17, 15) is 13.6 Å². The van der Waals surface area contributed by atoms with Gasteiger partial charge in [-0.05, 0) is 36.8 Å². The van der Waals surface area contributed by atoms with Crippen LogP contribution in [0.15, 0.2) is 59.5 Å². The predicted molar refractivity (Wildman–Crippen MR) is 101 cm³/mol. The van der Waals surface area contributed by atoms with Gasteiger partial charge in [0.25, 0.3) is 5.91 Å². The molecule has 0 spiro atoms. The third kappa shape index (κ3) is 3.06. The lowest BCUT2D eigenvalue weighted by Gasteiger charge is -2.18. The first kappa shape index (κ1) is 17.5. The van der Waals surface area contributed by atoms with Crippen LogP contribution in [0.1, 0.15) is 22.8 Å². The van der Waals surface area contributed by atoms with Crippen LogP contribution in [0.25, 0.3) is 22.6 Å². The van der Waals surface area contributed by atoms with Crippen LogP contribution < -0.4 is 0 Å². The Morgan fingerprint density at radius 2 is 2.00 bits per heavy atom. The van der Waals surface area contributed by atoms with E-state index < -0.39 is 17.5 Å². The predicted octanol–water partition coefficient (Wildman–Crippen LogP) is 4.06. The first-order chi connectivity index (χ1) is 14.1. The van der Waals surface area contributed by atoms with Gasteiger partial charge in [-0.2, -0.15) is 0 Å². The Morgan fingerprint density at radius 1 is 1.17 bits per heavy atom. The molecule has 0 radical (unpaired) electrons. The molecule has 1 aliphatic rings. The molecule has 5 rings (SSSR count). The Morgan fingerprint density at radius 3 is 2.76 bits per heavy atom. The number of nitrogens with zero attached hydrogens (tertiary/aromatic N) is 4. The molecule has 1 amide bonds. The van der Waals surface area contributed by atoms with Gasteiger partial charge in [-0.3, -0.25) is 4.79 Å². The van der Waals surface area contributed by atoms with Crippen molar-refractivity contribution in [2.45, 2.75) is 12.5 Å². The standard InChI is InChI=1S/C21H16F2N4O2/c22-15-8-14(9-16(23)10-15)21(28)26-6-3-17(11-26)27-19(13-4-7-29-12-13)25-18-2-1-5-24-20(18)27/h1-2,4-5,7-10,12,17H,3,6,11H2/t17-/m0/s1. The summed E-state index contributed by atoms with van der Waals surface area (Å²) in [7, 11) is 0. The summed E-state index contributed by atoms with van der Waals surface area (Å²) in [6.45, 7) is 0.864. The number of furan rings is 1. The molecule has 0 aliphatic carbocycles. The molecule has 0 bridgehead atoms. The molecule has 6 nitrogen and oxygen atoms in total. The quantitative estimate of drug-likeness (QED) is 0.526. The molecule has 4 aromatic rings. The van der Waals surface area contributed by atoms with Gasteiger partial charge in [0.15, 0.2) is 5.65 Å². The maximum Gasteiger partial charge on any atom is 0.254 e. The molecular formula is C21H16F2N4O2. The summed E-state index contributed by atoms with van der Waals surface area (Å²) in [6, 6.07) is 8.34. The Hall–Kier alpha value is -3.55. The smallest absolute Gasteiger partial charge is 0.254 e. The molecule has 1 aromatic carbocycles. The first-order valence-corrected chi connectivity index (χ1v) is 9.21. The molecule has 1 aliphatic heterocycles. The van der Waals surface area contributed by atoms with Gasteiger partial charge in [-0.15, -0.1) is 0 Å². The number of pyridine rings is 1. The summed E-state index contributed by atoms with van der Waals surface area (Å²) in [4.78, 5) is 23.5. The Kier molecular flexibility index (Phi) is 4.12. The maximum atomic E-state index is 13.5. The lowest BCUT2D eigenvalue weighted by atomic mass is 10.2. The largest absolute Gasteiger partial charge is 0.472 e. The highest BCUT2D eigenvalue weighted by Gasteiger charge is 2.31. The fraction of sp³-hybridized carbons (Fsp3) is 0.190. The monoisotopic (exact) mass is 394 g/mol. The number of benzene rings is 1. The van der Waals surface area contributed by atoms with Gasteiger partial charge in [-0.1, -0.05) is 0 Å². The van der Waals surface area contributed by atoms with Gasteiger partial charge in [0.05, 0.1) is 17.9 Å². The van der Waals surface area contributed by atoms with Crippen molar-refractivity contribution in [3.05, 3.63) is 72.3 Å². The van der Waals surface area contributed by atoms with Gasteiger partial charge < -0.3 is 13.9 Å². The van der Waals surface area contributed by atoms with E-state index in [-0.39, 0.29) is 11.6 Å². The van der Waals surface area contributed by atoms with Crippen molar-refractivity contribution in [1.29, 1.82) is 0 Å². The molecule has 0 saturated carbocycles. The summed E-state index contributed by atoms with van der Waals surface area (Å²) < 4.78 is 34.3. The molecule has 1 atom stereocenters. The molecule has 4 heterocycles. The van der Waals surface area contributed by atoms with Gasteiger partial charge >= 0.3 is 0 Å². The van der Waals surface area contributed by atoms with Crippen LogP contribution in [0.5, 0.6) is 0 Å². The fourth-order valence-electron chi connectivity index (χ4n) is 3.87. The minimum absolute atomic E-state index is 0.00632. The highest BCUT2D eigenvalue weighted by Crippen LogP contribution is 2.32. The highest BCUT2D eigenvalue weighted by molar-refractivity contribution is 5.94. The second-order valence-electron chi connectivity index (χ2n) is 7.02. The summed E-state index contributed by atoms with van der Waals surface area (Å²) in [6.07, 6.45) is 5.57. The van der Waals surface area contributed by atoms with Gasteiger partial charge in [0.2, 0.25) is 0 Å². The molecule has 1 fully saturated rings. The van der Waals surface area contributed by atoms with Gasteiger partial charge in [0, 0.05) is 30.9 Å². The summed E-state index contributed by atoms with van der Waals surface area (Å²) in [5.41, 5.74) is 2.30. The number of likely N-dealkylation sites (tertiary alicyclic amines) is 1. The Bertz CT molecular complexity index is 1180. The number of aromatic nitrogens is 3. The second kappa shape index (κ2) is 6.80. The maximum absolute atomic E-state index is 13.5. The van der Waals surface area contributed by atoms with Gasteiger partial charge in [-0.25, -0.2) is 18.7 Å². The van der Waals surface area contributed by atoms with Crippen LogP contribution >= 0.6 is 0 Å². The van der Waals surface area contributed by atoms with Crippen LogP contribution in [-0.4, -0.2) is 38.4 Å². The van der Waals surface area contributed by atoms with Crippen LogP contribution in [0.4, 0.5) is 8.78 Å². The number of carbonyl (C=O) groups is 1. The topological polar surface area (TPSA) is 64.2 Å². The number of fused-ring (bicyclic) bond motifs is 1. The normalized spacial score (nSPS) is 16.6. The van der Waals surface area contributed by atoms with E-state index in [1.165, 1.54) is 0 Å². The number of amides is 1. The molecular weight excluding hydrogens is 378 g/mol. The van der Waals surface area contributed by atoms with E-state index in [0.717, 1.165) is 34.9 Å². The van der Waals surface area contributed by atoms with E-state index >= 15 is 0 Å². The van der Waals surface area contributed by atoms with Crippen LogP contribution in [0, 0.1) is 11.6 Å². The van der Waals surface area contributed by atoms with Crippen LogP contribution in [-0.2, 0) is 0 Å². The Labute approximate surface area is 164 Å². The third-order valence-corrected chi connectivity index (χ3v) is 5.15. The molecule has 146 valence electrons. The van der Waals surface area contributed by atoms with Crippen LogP contribution in [0.3, 0.4) is 0 Å². The number of rotatable bonds is 3. The highest BCUT2D eigenvalue weighted by atomic mass is 19.1. The minimum Gasteiger partial charge on any atom is -0.472 e. The van der Waals surface area contributed by atoms with Crippen LogP contribution in [0.2, 0.25) is 0 Å². The fourth-order valence-corrected chi connectivity index (χ4v) is 3.87. The number of imidazole rings is 1. The molecule has 0 unspecified atom stereocenters. The van der Waals surface area contributed by atoms with Crippen molar-refractivity contribution < 1.29 is 18.0 Å². The van der Waals surface area contributed by atoms with Crippen molar-refractivity contribution >= 4 is 17.1 Å². The van der Waals surface area contributed by atoms with E-state index in [1.807, 2.05) is 22.8 Å². The van der Waals surface area contributed by atoms with Crippen molar-refractivity contribution in [2.75, 3.05) is 13.1 Å². The van der Waals surface area contributed by atoms with Crippen molar-refractivity contribution in [1.82, 2.24) is 19.4 Å². The van der Waals surface area contributed by atoms with Gasteiger partial charge in [0.1, 0.15) is 29.2 Å². The molecule has 3 aromatic heterocycles. The average molecular weight is 394 g/mol. The van der Waals surface area contributed by atoms with E-state index in [0.29, 0.717) is 25.3 Å². The van der Waals surface area contributed by atoms with Crippen molar-refractivity contribution in [3.8, 4) is 11.4 Å². The zero-order chi connectivity index (χ0) is 20.0. The number of carbonyl (C=O) groups excluding carboxylic acids is 1. The third-order valence-electron chi connectivity index (χ3n) is 5.15. The summed E-state index contributed by atoms with van der Waals surface area (Å²) in [5.74, 6) is -1.22. The SMILES string of the molecule is O=C(c1cc(F)cc(F)c1)N1CC[C@H](n2c(-c3ccoc3)nc3cccnc32)C1. The summed E-state index contributed by atoms with van der Waals surface area (Å²) in [5, 5.41) is 0. The zero-order valence-corrected chi connectivity index (χ0v) is 15.3. The van der Waals surface area contributed by atoms with E-state index in [2.05, 4.69) is 9.97 Å². The molecule has 0 N–H and O–H groups in total. The van der Waals surface area contributed by atoms with E-state index in [1.54, 1.807) is 23.6 Å². The molecule has 1 saturated heterocycles. The van der Waals surface area contributed by atoms with E-state index in [4.69, 9.17) is 4.42 Å². The van der Waals surface area contributed by atoms with Crippen molar-refractivity contribution in [3.63, 3.8) is 0 Å². The average Bonchev–Trinajstić information content (AvgIpc) is 3.44. The summed E-state index contributed by atoms with van der Waals surface area (Å²) >= 11 is 0. The number of hydrogen-bond acceptors (Lipinski definition) is 4. The number of halogens is 2.